The fourth-order valence-electron chi connectivity index (χ4n) is 2.60. The molecule has 6 nitrogen and oxygen atoms in total. The minimum absolute atomic E-state index is 0.0336. The van der Waals surface area contributed by atoms with E-state index in [0.29, 0.717) is 31.0 Å². The summed E-state index contributed by atoms with van der Waals surface area (Å²) >= 11 is 0. The van der Waals surface area contributed by atoms with E-state index in [9.17, 15) is 9.59 Å². The van der Waals surface area contributed by atoms with E-state index in [1.165, 1.54) is 0 Å². The molecule has 1 saturated heterocycles. The van der Waals surface area contributed by atoms with Crippen LogP contribution in [0.4, 0.5) is 5.82 Å². The van der Waals surface area contributed by atoms with Crippen molar-refractivity contribution in [2.45, 2.75) is 32.4 Å². The number of nitrogens with zero attached hydrogens (tertiary/aromatic N) is 2. The first-order valence-corrected chi connectivity index (χ1v) is 7.20. The molecular formula is C16H17N3O3. The molecule has 6 heteroatoms. The summed E-state index contributed by atoms with van der Waals surface area (Å²) in [6.45, 7) is 2.17. The van der Waals surface area contributed by atoms with Crippen molar-refractivity contribution >= 4 is 17.6 Å². The topological polar surface area (TPSA) is 75.4 Å². The lowest BCUT2D eigenvalue weighted by molar-refractivity contribution is -0.134. The van der Waals surface area contributed by atoms with Crippen molar-refractivity contribution in [3.05, 3.63) is 48.0 Å². The normalized spacial score (nSPS) is 17.8. The summed E-state index contributed by atoms with van der Waals surface area (Å²) in [7, 11) is 0. The number of nitrogens with one attached hydrogen (secondary N) is 1. The van der Waals surface area contributed by atoms with Gasteiger partial charge in [0.25, 0.3) is 0 Å². The van der Waals surface area contributed by atoms with E-state index >= 15 is 0 Å². The maximum atomic E-state index is 12.4. The van der Waals surface area contributed by atoms with Crippen LogP contribution in [0.25, 0.3) is 0 Å². The van der Waals surface area contributed by atoms with Gasteiger partial charge in [0.15, 0.2) is 0 Å². The number of likely N-dealkylation sites (tertiary alicyclic amines) is 1. The number of hydrogen-bond donors (Lipinski definition) is 1. The van der Waals surface area contributed by atoms with Crippen molar-refractivity contribution in [3.63, 3.8) is 0 Å². The van der Waals surface area contributed by atoms with Crippen molar-refractivity contribution < 1.29 is 14.0 Å². The molecule has 0 radical (unpaired) electrons. The number of amides is 2. The molecule has 22 heavy (non-hydrogen) atoms. The zero-order valence-corrected chi connectivity index (χ0v) is 12.3. The van der Waals surface area contributed by atoms with Crippen molar-refractivity contribution in [1.82, 2.24) is 9.88 Å². The molecule has 0 spiro atoms. The number of aromatic nitrogens is 1. The molecule has 0 unspecified atom stereocenters. The van der Waals surface area contributed by atoms with E-state index in [0.717, 1.165) is 5.69 Å². The average molecular weight is 299 g/mol. The summed E-state index contributed by atoms with van der Waals surface area (Å²) in [6, 6.07) is 8.50. The summed E-state index contributed by atoms with van der Waals surface area (Å²) in [5.41, 5.74) is 0.827. The maximum absolute atomic E-state index is 12.4. The first-order valence-electron chi connectivity index (χ1n) is 7.20. The van der Waals surface area contributed by atoms with Crippen LogP contribution in [0.3, 0.4) is 0 Å². The van der Waals surface area contributed by atoms with E-state index in [1.807, 2.05) is 19.1 Å². The quantitative estimate of drug-likeness (QED) is 0.938. The highest BCUT2D eigenvalue weighted by Gasteiger charge is 2.36. The number of carbonyl (C=O) groups is 2. The lowest BCUT2D eigenvalue weighted by Gasteiger charge is -2.22. The third-order valence-electron chi connectivity index (χ3n) is 3.68. The Morgan fingerprint density at radius 1 is 1.41 bits per heavy atom. The van der Waals surface area contributed by atoms with Crippen molar-refractivity contribution in [3.8, 4) is 0 Å². The molecule has 1 atom stereocenters. The molecule has 1 N–H and O–H groups in total. The molecular weight excluding hydrogens is 282 g/mol. The highest BCUT2D eigenvalue weighted by Crippen LogP contribution is 2.23. The highest BCUT2D eigenvalue weighted by atomic mass is 16.3. The fraction of sp³-hybridized carbons (Fsp3) is 0.312. The number of anilines is 1. The van der Waals surface area contributed by atoms with E-state index in [2.05, 4.69) is 10.3 Å². The van der Waals surface area contributed by atoms with Gasteiger partial charge in [-0.25, -0.2) is 4.98 Å². The molecule has 0 saturated carbocycles. The van der Waals surface area contributed by atoms with Crippen LogP contribution in [-0.2, 0) is 16.1 Å². The standard InChI is InChI=1S/C16H17N3O3/c1-11-4-2-6-14(17-11)18-16(21)13-7-8-15(20)19(13)10-12-5-3-9-22-12/h2-6,9,13H,7-8,10H2,1H3,(H,17,18,21)/t13-/m1/s1. The largest absolute Gasteiger partial charge is 0.467 e. The molecule has 0 aliphatic carbocycles. The van der Waals surface area contributed by atoms with Gasteiger partial charge in [0.05, 0.1) is 12.8 Å². The molecule has 0 bridgehead atoms. The Morgan fingerprint density at radius 2 is 2.27 bits per heavy atom. The number of hydrogen-bond acceptors (Lipinski definition) is 4. The van der Waals surface area contributed by atoms with E-state index < -0.39 is 6.04 Å². The first-order chi connectivity index (χ1) is 10.6. The third kappa shape index (κ3) is 3.00. The second-order valence-corrected chi connectivity index (χ2v) is 5.31. The van der Waals surface area contributed by atoms with Gasteiger partial charge in [-0.05, 0) is 37.6 Å². The lowest BCUT2D eigenvalue weighted by Crippen LogP contribution is -2.41. The van der Waals surface area contributed by atoms with Crippen LogP contribution in [0, 0.1) is 6.92 Å². The Balaban J connectivity index is 1.71. The highest BCUT2D eigenvalue weighted by molar-refractivity contribution is 5.98. The van der Waals surface area contributed by atoms with Crippen LogP contribution in [0.5, 0.6) is 0 Å². The minimum atomic E-state index is -0.486. The monoisotopic (exact) mass is 299 g/mol. The predicted octanol–water partition coefficient (Wildman–Crippen LogP) is 2.11. The Morgan fingerprint density at radius 3 is 3.00 bits per heavy atom. The van der Waals surface area contributed by atoms with Gasteiger partial charge in [-0.2, -0.15) is 0 Å². The van der Waals surface area contributed by atoms with Gasteiger partial charge >= 0.3 is 0 Å². The maximum Gasteiger partial charge on any atom is 0.248 e. The summed E-state index contributed by atoms with van der Waals surface area (Å²) in [6.07, 6.45) is 2.44. The molecule has 2 amide bonds. The number of aryl methyl sites for hydroxylation is 1. The predicted molar refractivity (Wildman–Crippen MR) is 79.9 cm³/mol. The van der Waals surface area contributed by atoms with Crippen molar-refractivity contribution in [2.24, 2.45) is 0 Å². The summed E-state index contributed by atoms with van der Waals surface area (Å²) in [5.74, 6) is 0.924. The Labute approximate surface area is 128 Å². The first kappa shape index (κ1) is 14.3. The molecule has 2 aromatic heterocycles. The van der Waals surface area contributed by atoms with Crippen LogP contribution >= 0.6 is 0 Å². The number of carbonyl (C=O) groups excluding carboxylic acids is 2. The molecule has 3 rings (SSSR count). The zero-order chi connectivity index (χ0) is 15.5. The SMILES string of the molecule is Cc1cccc(NC(=O)[C@H]2CCC(=O)N2Cc2ccco2)n1. The fourth-order valence-corrected chi connectivity index (χ4v) is 2.60. The smallest absolute Gasteiger partial charge is 0.248 e. The van der Waals surface area contributed by atoms with Crippen LogP contribution in [0.1, 0.15) is 24.3 Å². The van der Waals surface area contributed by atoms with E-state index in [1.54, 1.807) is 29.4 Å². The Bertz CT molecular complexity index is 682. The van der Waals surface area contributed by atoms with Gasteiger partial charge in [-0.1, -0.05) is 6.07 Å². The zero-order valence-electron chi connectivity index (χ0n) is 12.3. The van der Waals surface area contributed by atoms with Gasteiger partial charge in [-0.15, -0.1) is 0 Å². The van der Waals surface area contributed by atoms with E-state index in [-0.39, 0.29) is 11.8 Å². The Kier molecular flexibility index (Phi) is 3.91. The molecule has 2 aromatic rings. The second-order valence-electron chi connectivity index (χ2n) is 5.31. The third-order valence-corrected chi connectivity index (χ3v) is 3.68. The molecule has 0 aromatic carbocycles. The van der Waals surface area contributed by atoms with Crippen molar-refractivity contribution in [1.29, 1.82) is 0 Å². The minimum Gasteiger partial charge on any atom is -0.467 e. The molecule has 1 aliphatic rings. The number of pyridine rings is 1. The molecule has 1 aliphatic heterocycles. The van der Waals surface area contributed by atoms with Gasteiger partial charge < -0.3 is 14.6 Å². The number of rotatable bonds is 4. The summed E-state index contributed by atoms with van der Waals surface area (Å²) in [4.78, 5) is 30.3. The van der Waals surface area contributed by atoms with Crippen LogP contribution in [0.2, 0.25) is 0 Å². The molecule has 3 heterocycles. The molecule has 114 valence electrons. The average Bonchev–Trinajstić information content (AvgIpc) is 3.10. The van der Waals surface area contributed by atoms with Crippen LogP contribution in [-0.4, -0.2) is 27.7 Å². The second kappa shape index (κ2) is 6.01. The summed E-state index contributed by atoms with van der Waals surface area (Å²) in [5, 5.41) is 2.78. The van der Waals surface area contributed by atoms with E-state index in [4.69, 9.17) is 4.42 Å². The molecule has 1 fully saturated rings. The van der Waals surface area contributed by atoms with Gasteiger partial charge in [0.2, 0.25) is 11.8 Å². The summed E-state index contributed by atoms with van der Waals surface area (Å²) < 4.78 is 5.27. The van der Waals surface area contributed by atoms with Crippen LogP contribution < -0.4 is 5.32 Å². The van der Waals surface area contributed by atoms with Gasteiger partial charge in [0.1, 0.15) is 17.6 Å². The van der Waals surface area contributed by atoms with Crippen molar-refractivity contribution in [2.75, 3.05) is 5.32 Å². The van der Waals surface area contributed by atoms with Gasteiger partial charge in [0, 0.05) is 12.1 Å². The number of furan rings is 1. The Hall–Kier alpha value is -2.63. The lowest BCUT2D eigenvalue weighted by atomic mass is 10.2. The van der Waals surface area contributed by atoms with Gasteiger partial charge in [-0.3, -0.25) is 9.59 Å². The van der Waals surface area contributed by atoms with Crippen LogP contribution in [0.15, 0.2) is 41.0 Å².